The molecule has 33 heavy (non-hydrogen) atoms. The van der Waals surface area contributed by atoms with Crippen LogP contribution in [0.5, 0.6) is 0 Å². The largest absolute Gasteiger partial charge is 0.393 e. The molecular formula is C30H46O3. The predicted molar refractivity (Wildman–Crippen MR) is 134 cm³/mol. The molecular weight excluding hydrogens is 408 g/mol. The highest BCUT2D eigenvalue weighted by Gasteiger charge is 2.65. The molecule has 0 spiro atoms. The molecule has 0 aromatic heterocycles. The number of Topliss-reactive ketones (excluding diaryl/α,β-unsaturated/α-hetero) is 1. The molecule has 1 unspecified atom stereocenters. The Labute approximate surface area is 201 Å². The summed E-state index contributed by atoms with van der Waals surface area (Å²) in [6, 6.07) is 0. The van der Waals surface area contributed by atoms with Gasteiger partial charge in [-0.3, -0.25) is 9.59 Å². The van der Waals surface area contributed by atoms with Crippen molar-refractivity contribution in [1.29, 1.82) is 0 Å². The van der Waals surface area contributed by atoms with E-state index in [9.17, 15) is 14.7 Å². The van der Waals surface area contributed by atoms with E-state index in [-0.39, 0.29) is 33.7 Å². The SMILES string of the molecule is C/C(C=O)=C\CC[C@@H](C)C1CC[C@@]2(C)C3=C(CC[C@]12C)[C@@]1(C)CC[C@H](O)C(C)(C)[C@@H]1CC3=O. The van der Waals surface area contributed by atoms with E-state index in [1.54, 1.807) is 0 Å². The van der Waals surface area contributed by atoms with Gasteiger partial charge in [0.15, 0.2) is 5.78 Å². The van der Waals surface area contributed by atoms with Crippen LogP contribution < -0.4 is 0 Å². The summed E-state index contributed by atoms with van der Waals surface area (Å²) < 4.78 is 0. The van der Waals surface area contributed by atoms with E-state index in [1.807, 2.05) is 6.92 Å². The summed E-state index contributed by atoms with van der Waals surface area (Å²) in [4.78, 5) is 24.8. The van der Waals surface area contributed by atoms with Gasteiger partial charge in [-0.05, 0) is 97.9 Å². The third-order valence-corrected chi connectivity index (χ3v) is 11.6. The van der Waals surface area contributed by atoms with Gasteiger partial charge in [0.05, 0.1) is 6.10 Å². The highest BCUT2D eigenvalue weighted by atomic mass is 16.3. The van der Waals surface area contributed by atoms with Crippen molar-refractivity contribution in [3.63, 3.8) is 0 Å². The smallest absolute Gasteiger partial charge is 0.159 e. The molecule has 0 radical (unpaired) electrons. The number of ketones is 1. The standard InChI is InChI=1S/C30H46O3/c1-19(18-31)9-8-10-20(2)21-11-16-30(7)26-22(12-15-29(21,30)6)28(5)14-13-25(33)27(3,4)24(28)17-23(26)32/h9,18,20-21,24-25,33H,8,10-17H2,1-7H3/b19-9+/t20-,21?,24+,25+,28-,29-,30+/m1/s1. The number of carbonyl (C=O) groups excluding carboxylic acids is 2. The second kappa shape index (κ2) is 8.18. The second-order valence-electron chi connectivity index (χ2n) is 13.3. The molecule has 4 aliphatic carbocycles. The molecule has 0 heterocycles. The Morgan fingerprint density at radius 2 is 1.82 bits per heavy atom. The van der Waals surface area contributed by atoms with Gasteiger partial charge < -0.3 is 5.11 Å². The third kappa shape index (κ3) is 3.46. The van der Waals surface area contributed by atoms with Crippen molar-refractivity contribution in [1.82, 2.24) is 0 Å². The Kier molecular flexibility index (Phi) is 6.17. The van der Waals surface area contributed by atoms with Crippen molar-refractivity contribution in [3.05, 3.63) is 22.8 Å². The van der Waals surface area contributed by atoms with Gasteiger partial charge in [0.2, 0.25) is 0 Å². The summed E-state index contributed by atoms with van der Waals surface area (Å²) in [5.74, 6) is 1.81. The maximum atomic E-state index is 13.9. The van der Waals surface area contributed by atoms with Gasteiger partial charge >= 0.3 is 0 Å². The molecule has 7 atom stereocenters. The lowest BCUT2D eigenvalue weighted by atomic mass is 9.43. The summed E-state index contributed by atoms with van der Waals surface area (Å²) >= 11 is 0. The Morgan fingerprint density at radius 1 is 1.12 bits per heavy atom. The first-order chi connectivity index (χ1) is 15.3. The van der Waals surface area contributed by atoms with Crippen LogP contribution in [-0.4, -0.2) is 23.3 Å². The van der Waals surface area contributed by atoms with Crippen LogP contribution >= 0.6 is 0 Å². The monoisotopic (exact) mass is 454 g/mol. The summed E-state index contributed by atoms with van der Waals surface area (Å²) in [6.45, 7) is 15.9. The van der Waals surface area contributed by atoms with Crippen LogP contribution in [-0.2, 0) is 9.59 Å². The molecule has 2 fully saturated rings. The van der Waals surface area contributed by atoms with Crippen LogP contribution in [0.3, 0.4) is 0 Å². The van der Waals surface area contributed by atoms with Crippen molar-refractivity contribution < 1.29 is 14.7 Å². The molecule has 0 bridgehead atoms. The summed E-state index contributed by atoms with van der Waals surface area (Å²) in [7, 11) is 0. The minimum absolute atomic E-state index is 0.0389. The van der Waals surface area contributed by atoms with Crippen molar-refractivity contribution in [2.75, 3.05) is 0 Å². The van der Waals surface area contributed by atoms with Crippen LogP contribution in [0.25, 0.3) is 0 Å². The van der Waals surface area contributed by atoms with E-state index < -0.39 is 0 Å². The maximum Gasteiger partial charge on any atom is 0.159 e. The number of aliphatic hydroxyl groups excluding tert-OH is 1. The van der Waals surface area contributed by atoms with Gasteiger partial charge in [-0.1, -0.05) is 53.2 Å². The molecule has 184 valence electrons. The maximum absolute atomic E-state index is 13.9. The molecule has 4 aliphatic rings. The fourth-order valence-corrected chi connectivity index (χ4v) is 9.13. The van der Waals surface area contributed by atoms with Crippen LogP contribution in [0, 0.1) is 39.4 Å². The van der Waals surface area contributed by atoms with E-state index in [1.165, 1.54) is 24.0 Å². The predicted octanol–water partition coefficient (Wildman–Crippen LogP) is 6.84. The van der Waals surface area contributed by atoms with Gasteiger partial charge in [0.1, 0.15) is 6.29 Å². The van der Waals surface area contributed by atoms with E-state index in [0.29, 0.717) is 24.0 Å². The quantitative estimate of drug-likeness (QED) is 0.365. The number of hydrogen-bond acceptors (Lipinski definition) is 3. The molecule has 3 heteroatoms. The Balaban J connectivity index is 1.68. The molecule has 0 aromatic carbocycles. The highest BCUT2D eigenvalue weighted by molar-refractivity contribution is 5.99. The lowest BCUT2D eigenvalue weighted by Gasteiger charge is -2.61. The van der Waals surface area contributed by atoms with Crippen LogP contribution in [0.4, 0.5) is 0 Å². The van der Waals surface area contributed by atoms with Gasteiger partial charge in [-0.25, -0.2) is 0 Å². The molecule has 3 nitrogen and oxygen atoms in total. The zero-order chi connectivity index (χ0) is 24.4. The van der Waals surface area contributed by atoms with E-state index in [2.05, 4.69) is 47.6 Å². The van der Waals surface area contributed by atoms with E-state index >= 15 is 0 Å². The second-order valence-corrected chi connectivity index (χ2v) is 13.3. The zero-order valence-electron chi connectivity index (χ0n) is 22.1. The number of rotatable bonds is 5. The molecule has 0 aromatic rings. The first-order valence-electron chi connectivity index (χ1n) is 13.4. The first kappa shape index (κ1) is 24.9. The minimum Gasteiger partial charge on any atom is -0.393 e. The summed E-state index contributed by atoms with van der Waals surface area (Å²) in [5.41, 5.74) is 3.42. The zero-order valence-corrected chi connectivity index (χ0v) is 22.1. The average Bonchev–Trinajstić information content (AvgIpc) is 3.04. The van der Waals surface area contributed by atoms with Gasteiger partial charge in [-0.15, -0.1) is 0 Å². The average molecular weight is 455 g/mol. The molecule has 1 N–H and O–H groups in total. The summed E-state index contributed by atoms with van der Waals surface area (Å²) in [6.07, 6.45) is 11.7. The Hall–Kier alpha value is -1.22. The Bertz CT molecular complexity index is 894. The van der Waals surface area contributed by atoms with Crippen molar-refractivity contribution >= 4 is 12.1 Å². The van der Waals surface area contributed by atoms with Crippen LogP contribution in [0.2, 0.25) is 0 Å². The molecule has 2 saturated carbocycles. The van der Waals surface area contributed by atoms with Crippen molar-refractivity contribution in [2.45, 2.75) is 112 Å². The summed E-state index contributed by atoms with van der Waals surface area (Å²) in [5, 5.41) is 10.8. The highest BCUT2D eigenvalue weighted by Crippen LogP contribution is 2.71. The minimum atomic E-state index is -0.316. The number of aldehydes is 1. The number of fused-ring (bicyclic) bond motifs is 4. The van der Waals surface area contributed by atoms with Crippen molar-refractivity contribution in [3.8, 4) is 0 Å². The number of aliphatic hydroxyl groups is 1. The van der Waals surface area contributed by atoms with Gasteiger partial charge in [0.25, 0.3) is 0 Å². The topological polar surface area (TPSA) is 54.4 Å². The van der Waals surface area contributed by atoms with E-state index in [4.69, 9.17) is 0 Å². The normalized spacial score (nSPS) is 43.6. The van der Waals surface area contributed by atoms with Gasteiger partial charge in [0, 0.05) is 17.4 Å². The fourth-order valence-electron chi connectivity index (χ4n) is 9.13. The van der Waals surface area contributed by atoms with E-state index in [0.717, 1.165) is 50.4 Å². The van der Waals surface area contributed by atoms with Gasteiger partial charge in [-0.2, -0.15) is 0 Å². The number of hydrogen-bond donors (Lipinski definition) is 1. The number of allylic oxidation sites excluding steroid dienone is 4. The van der Waals surface area contributed by atoms with Crippen molar-refractivity contribution in [2.24, 2.45) is 39.4 Å². The van der Waals surface area contributed by atoms with Crippen LogP contribution in [0.15, 0.2) is 22.8 Å². The van der Waals surface area contributed by atoms with Crippen LogP contribution in [0.1, 0.15) is 106 Å². The number of carbonyl (C=O) groups is 2. The first-order valence-corrected chi connectivity index (χ1v) is 13.4. The third-order valence-electron chi connectivity index (χ3n) is 11.6. The molecule has 0 saturated heterocycles. The Morgan fingerprint density at radius 3 is 2.48 bits per heavy atom. The fraction of sp³-hybridized carbons (Fsp3) is 0.800. The molecule has 4 rings (SSSR count). The lowest BCUT2D eigenvalue weighted by molar-refractivity contribution is -0.134. The lowest BCUT2D eigenvalue weighted by Crippen LogP contribution is -2.57. The molecule has 0 amide bonds. The molecule has 0 aliphatic heterocycles.